The van der Waals surface area contributed by atoms with Crippen LogP contribution >= 0.6 is 22.7 Å². The summed E-state index contributed by atoms with van der Waals surface area (Å²) in [5, 5.41) is 7.63. The lowest BCUT2D eigenvalue weighted by atomic mass is 10.0. The maximum Gasteiger partial charge on any atom is 0.164 e. The van der Waals surface area contributed by atoms with Crippen LogP contribution in [0, 0.1) is 0 Å². The van der Waals surface area contributed by atoms with E-state index < -0.39 is 0 Å². The van der Waals surface area contributed by atoms with Crippen LogP contribution in [0.5, 0.6) is 0 Å². The van der Waals surface area contributed by atoms with Gasteiger partial charge in [-0.05, 0) is 59.7 Å². The van der Waals surface area contributed by atoms with E-state index in [1.165, 1.54) is 79.0 Å². The molecule has 0 radical (unpaired) electrons. The summed E-state index contributed by atoms with van der Waals surface area (Å²) >= 11 is 3.69. The van der Waals surface area contributed by atoms with Crippen LogP contribution in [0.4, 0.5) is 0 Å². The predicted octanol–water partition coefficient (Wildman–Crippen LogP) is 14.4. The van der Waals surface area contributed by atoms with Gasteiger partial charge in [0.15, 0.2) is 17.5 Å². The highest BCUT2D eigenvalue weighted by molar-refractivity contribution is 7.26. The number of nitrogens with zero attached hydrogens (tertiary/aromatic N) is 4. The Hall–Kier alpha value is -6.99. The van der Waals surface area contributed by atoms with Crippen molar-refractivity contribution in [1.29, 1.82) is 0 Å². The van der Waals surface area contributed by atoms with Crippen LogP contribution in [-0.4, -0.2) is 19.5 Å². The second-order valence-corrected chi connectivity index (χ2v) is 16.5. The van der Waals surface area contributed by atoms with Crippen LogP contribution < -0.4 is 0 Å². The number of benzene rings is 8. The van der Waals surface area contributed by atoms with Gasteiger partial charge in [0.05, 0.1) is 11.0 Å². The standard InChI is InChI=1S/C51H30N4S2/c1-3-12-31(13-4-1)49-52-50(32-14-5-2-6-15-32)54-51(53-49)34-22-25-39-41-28-33(23-26-45(41)56-47(39)29-34)36-18-11-19-40-42-30-35(24-27-46(42)57-48(36)40)55-43-20-9-7-16-37(43)38-17-8-10-21-44(38)55/h1-30H. The molecule has 8 aromatic carbocycles. The largest absolute Gasteiger partial charge is 0.309 e. The molecular formula is C51H30N4S2. The smallest absolute Gasteiger partial charge is 0.164 e. The molecule has 0 aliphatic heterocycles. The lowest BCUT2D eigenvalue weighted by Gasteiger charge is -2.08. The first-order chi connectivity index (χ1) is 28.2. The van der Waals surface area contributed by atoms with Gasteiger partial charge >= 0.3 is 0 Å². The van der Waals surface area contributed by atoms with Gasteiger partial charge in [-0.2, -0.15) is 0 Å². The van der Waals surface area contributed by atoms with E-state index >= 15 is 0 Å². The fourth-order valence-corrected chi connectivity index (χ4v) is 10.7. The van der Waals surface area contributed by atoms with Crippen LogP contribution in [0.15, 0.2) is 182 Å². The Morgan fingerprint density at radius 3 is 1.60 bits per heavy atom. The average molecular weight is 763 g/mol. The van der Waals surface area contributed by atoms with Gasteiger partial charge in [0, 0.05) is 73.5 Å². The normalized spacial score (nSPS) is 11.9. The molecule has 0 aliphatic rings. The fourth-order valence-electron chi connectivity index (χ4n) is 8.38. The Morgan fingerprint density at radius 2 is 0.895 bits per heavy atom. The number of thiophene rings is 2. The van der Waals surface area contributed by atoms with E-state index in [1.54, 1.807) is 0 Å². The fraction of sp³-hybridized carbons (Fsp3) is 0. The number of hydrogen-bond acceptors (Lipinski definition) is 5. The van der Waals surface area contributed by atoms with E-state index in [4.69, 9.17) is 15.0 Å². The molecule has 0 spiro atoms. The molecule has 12 aromatic rings. The van der Waals surface area contributed by atoms with Gasteiger partial charge in [-0.1, -0.05) is 133 Å². The molecule has 4 nitrogen and oxygen atoms in total. The molecular weight excluding hydrogens is 733 g/mol. The molecule has 4 heterocycles. The number of rotatable bonds is 5. The summed E-state index contributed by atoms with van der Waals surface area (Å²) in [4.78, 5) is 14.9. The maximum atomic E-state index is 4.99. The van der Waals surface area contributed by atoms with E-state index in [0.717, 1.165) is 16.7 Å². The van der Waals surface area contributed by atoms with Gasteiger partial charge in [-0.25, -0.2) is 15.0 Å². The highest BCUT2D eigenvalue weighted by Crippen LogP contribution is 2.44. The molecule has 0 N–H and O–H groups in total. The average Bonchev–Trinajstić information content (AvgIpc) is 3.95. The maximum absolute atomic E-state index is 4.99. The Kier molecular flexibility index (Phi) is 7.24. The van der Waals surface area contributed by atoms with Crippen LogP contribution in [0.2, 0.25) is 0 Å². The molecule has 12 rings (SSSR count). The number of hydrogen-bond donors (Lipinski definition) is 0. The van der Waals surface area contributed by atoms with E-state index in [0.29, 0.717) is 17.5 Å². The minimum absolute atomic E-state index is 0.666. The van der Waals surface area contributed by atoms with Gasteiger partial charge < -0.3 is 4.57 Å². The molecule has 57 heavy (non-hydrogen) atoms. The Balaban J connectivity index is 0.959. The number of para-hydroxylation sites is 2. The molecule has 0 fully saturated rings. The summed E-state index contributed by atoms with van der Waals surface area (Å²) in [5.41, 5.74) is 9.02. The lowest BCUT2D eigenvalue weighted by molar-refractivity contribution is 1.07. The third kappa shape index (κ3) is 5.22. The Bertz CT molecular complexity index is 3410. The van der Waals surface area contributed by atoms with Crippen molar-refractivity contribution in [3.05, 3.63) is 182 Å². The molecule has 6 heteroatoms. The monoisotopic (exact) mass is 762 g/mol. The quantitative estimate of drug-likeness (QED) is 0.175. The minimum atomic E-state index is 0.666. The number of fused-ring (bicyclic) bond motifs is 9. The first-order valence-electron chi connectivity index (χ1n) is 19.0. The first-order valence-corrected chi connectivity index (χ1v) is 20.6. The molecule has 0 bridgehead atoms. The van der Waals surface area contributed by atoms with Crippen molar-refractivity contribution in [1.82, 2.24) is 19.5 Å². The first kappa shape index (κ1) is 32.3. The summed E-state index contributed by atoms with van der Waals surface area (Å²) in [6, 6.07) is 65.0. The van der Waals surface area contributed by atoms with Crippen LogP contribution in [0.3, 0.4) is 0 Å². The third-order valence-electron chi connectivity index (χ3n) is 11.1. The summed E-state index contributed by atoms with van der Waals surface area (Å²) in [6.45, 7) is 0. The summed E-state index contributed by atoms with van der Waals surface area (Å²) in [6.07, 6.45) is 0. The van der Waals surface area contributed by atoms with Crippen molar-refractivity contribution in [2.24, 2.45) is 0 Å². The van der Waals surface area contributed by atoms with Crippen LogP contribution in [-0.2, 0) is 0 Å². The number of aromatic nitrogens is 4. The van der Waals surface area contributed by atoms with Crippen molar-refractivity contribution in [2.75, 3.05) is 0 Å². The zero-order valence-corrected chi connectivity index (χ0v) is 32.1. The minimum Gasteiger partial charge on any atom is -0.309 e. The van der Waals surface area contributed by atoms with E-state index in [-0.39, 0.29) is 0 Å². The summed E-state index contributed by atoms with van der Waals surface area (Å²) in [7, 11) is 0. The van der Waals surface area contributed by atoms with E-state index in [1.807, 2.05) is 83.3 Å². The van der Waals surface area contributed by atoms with Crippen molar-refractivity contribution < 1.29 is 0 Å². The molecule has 0 saturated carbocycles. The SMILES string of the molecule is c1ccc(-c2nc(-c3ccccc3)nc(-c3ccc4c(c3)sc3ccc(-c5cccc6c5sc5ccc(-n7c8ccccc8c8ccccc87)cc56)cc34)n2)cc1. The van der Waals surface area contributed by atoms with E-state index in [2.05, 4.69) is 126 Å². The van der Waals surface area contributed by atoms with Crippen molar-refractivity contribution in [3.63, 3.8) is 0 Å². The zero-order chi connectivity index (χ0) is 37.5. The van der Waals surface area contributed by atoms with Gasteiger partial charge in [0.2, 0.25) is 0 Å². The topological polar surface area (TPSA) is 43.6 Å². The third-order valence-corrected chi connectivity index (χ3v) is 13.4. The summed E-state index contributed by atoms with van der Waals surface area (Å²) < 4.78 is 7.48. The van der Waals surface area contributed by atoms with Crippen molar-refractivity contribution in [3.8, 4) is 51.0 Å². The molecule has 0 saturated heterocycles. The van der Waals surface area contributed by atoms with Gasteiger partial charge in [0.1, 0.15) is 0 Å². The molecule has 0 atom stereocenters. The second kappa shape index (κ2) is 12.8. The Labute approximate surface area is 335 Å². The highest BCUT2D eigenvalue weighted by Gasteiger charge is 2.17. The van der Waals surface area contributed by atoms with Crippen molar-refractivity contribution >= 4 is 84.8 Å². The van der Waals surface area contributed by atoms with Gasteiger partial charge in [-0.3, -0.25) is 0 Å². The molecule has 266 valence electrons. The van der Waals surface area contributed by atoms with Gasteiger partial charge in [0.25, 0.3) is 0 Å². The Morgan fingerprint density at radius 1 is 0.333 bits per heavy atom. The van der Waals surface area contributed by atoms with E-state index in [9.17, 15) is 0 Å². The molecule has 0 unspecified atom stereocenters. The molecule has 4 aromatic heterocycles. The predicted molar refractivity (Wildman–Crippen MR) is 242 cm³/mol. The lowest BCUT2D eigenvalue weighted by Crippen LogP contribution is -1.99. The van der Waals surface area contributed by atoms with Crippen molar-refractivity contribution in [2.45, 2.75) is 0 Å². The van der Waals surface area contributed by atoms with Gasteiger partial charge in [-0.15, -0.1) is 22.7 Å². The summed E-state index contributed by atoms with van der Waals surface area (Å²) in [5.74, 6) is 2.00. The highest BCUT2D eigenvalue weighted by atomic mass is 32.1. The molecule has 0 aliphatic carbocycles. The van der Waals surface area contributed by atoms with Crippen LogP contribution in [0.25, 0.3) is 113 Å². The second-order valence-electron chi connectivity index (χ2n) is 14.4. The van der Waals surface area contributed by atoms with Crippen LogP contribution in [0.1, 0.15) is 0 Å². The zero-order valence-electron chi connectivity index (χ0n) is 30.4. The molecule has 0 amide bonds.